The molecule has 0 aromatic heterocycles. The number of carbonyl (C=O) groups excluding carboxylic acids is 1. The molecule has 0 aliphatic heterocycles. The lowest BCUT2D eigenvalue weighted by atomic mass is 10.1. The van der Waals surface area contributed by atoms with Crippen molar-refractivity contribution in [1.82, 2.24) is 5.32 Å². The zero-order valence-electron chi connectivity index (χ0n) is 14.5. The van der Waals surface area contributed by atoms with Gasteiger partial charge in [-0.1, -0.05) is 34.8 Å². The molecule has 12 nitrogen and oxygen atoms in total. The van der Waals surface area contributed by atoms with E-state index in [1.54, 1.807) is 0 Å². The first-order valence-electron chi connectivity index (χ1n) is 7.71. The molecule has 0 bridgehead atoms. The quantitative estimate of drug-likeness (QED) is 0.260. The van der Waals surface area contributed by atoms with Gasteiger partial charge in [-0.2, -0.15) is 0 Å². The van der Waals surface area contributed by atoms with Crippen LogP contribution in [-0.2, 0) is 0 Å². The molecule has 1 unspecified atom stereocenters. The number of amides is 1. The molecule has 2 aromatic rings. The van der Waals surface area contributed by atoms with E-state index in [2.05, 4.69) is 10.6 Å². The van der Waals surface area contributed by atoms with Crippen LogP contribution >= 0.6 is 34.8 Å². The molecule has 158 valence electrons. The van der Waals surface area contributed by atoms with Crippen molar-refractivity contribution in [3.8, 4) is 0 Å². The minimum absolute atomic E-state index is 0.195. The number of anilines is 1. The maximum Gasteiger partial charge on any atom is 0.277 e. The third-order valence-electron chi connectivity index (χ3n) is 3.58. The number of rotatable bonds is 7. The predicted octanol–water partition coefficient (Wildman–Crippen LogP) is 3.95. The van der Waals surface area contributed by atoms with Crippen LogP contribution in [0.5, 0.6) is 0 Å². The molecule has 2 N–H and O–H groups in total. The zero-order valence-corrected chi connectivity index (χ0v) is 16.7. The second-order valence-corrected chi connectivity index (χ2v) is 8.02. The zero-order chi connectivity index (χ0) is 22.6. The lowest BCUT2D eigenvalue weighted by molar-refractivity contribution is -0.394. The Labute approximate surface area is 182 Å². The average Bonchev–Trinajstić information content (AvgIpc) is 2.66. The molecule has 30 heavy (non-hydrogen) atoms. The Kier molecular flexibility index (Phi) is 6.97. The van der Waals surface area contributed by atoms with Crippen molar-refractivity contribution in [2.75, 3.05) is 5.32 Å². The molecular formula is C15H10Cl3N5O7. The topological polar surface area (TPSA) is 171 Å². The van der Waals surface area contributed by atoms with E-state index in [1.165, 1.54) is 24.3 Å². The van der Waals surface area contributed by atoms with Crippen LogP contribution in [0.4, 0.5) is 22.7 Å². The molecule has 0 aliphatic carbocycles. The van der Waals surface area contributed by atoms with Gasteiger partial charge in [0.2, 0.25) is 3.79 Å². The van der Waals surface area contributed by atoms with Crippen LogP contribution in [0.1, 0.15) is 10.4 Å². The predicted molar refractivity (Wildman–Crippen MR) is 108 cm³/mol. The molecule has 0 aliphatic rings. The second kappa shape index (κ2) is 9.07. The highest BCUT2D eigenvalue weighted by atomic mass is 35.6. The summed E-state index contributed by atoms with van der Waals surface area (Å²) in [5.41, 5.74) is -1.73. The summed E-state index contributed by atoms with van der Waals surface area (Å²) < 4.78 is -2.13. The summed E-state index contributed by atoms with van der Waals surface area (Å²) in [4.78, 5) is 42.8. The van der Waals surface area contributed by atoms with Gasteiger partial charge in [0.15, 0.2) is 0 Å². The van der Waals surface area contributed by atoms with Crippen LogP contribution in [0.15, 0.2) is 42.5 Å². The van der Waals surface area contributed by atoms with Gasteiger partial charge in [0.1, 0.15) is 6.17 Å². The van der Waals surface area contributed by atoms with Crippen molar-refractivity contribution < 1.29 is 19.6 Å². The molecule has 0 saturated carbocycles. The van der Waals surface area contributed by atoms with Crippen LogP contribution < -0.4 is 10.6 Å². The van der Waals surface area contributed by atoms with E-state index < -0.39 is 47.6 Å². The summed E-state index contributed by atoms with van der Waals surface area (Å²) >= 11 is 17.6. The fourth-order valence-corrected chi connectivity index (χ4v) is 2.52. The fourth-order valence-electron chi connectivity index (χ4n) is 2.20. The molecule has 1 atom stereocenters. The number of nitro groups is 3. The third kappa shape index (κ3) is 5.89. The first-order valence-corrected chi connectivity index (χ1v) is 8.84. The van der Waals surface area contributed by atoms with Crippen LogP contribution in [0, 0.1) is 30.3 Å². The molecule has 2 aromatic carbocycles. The fraction of sp³-hybridized carbons (Fsp3) is 0.133. The molecule has 15 heteroatoms. The summed E-state index contributed by atoms with van der Waals surface area (Å²) in [7, 11) is 0. The maximum absolute atomic E-state index is 12.5. The number of halogens is 3. The SMILES string of the molecule is O=C(NC(Nc1ccc([N+](=O)[O-])cc1)C(Cl)(Cl)Cl)c1cc([N+](=O)[O-])cc([N+](=O)[O-])c1. The van der Waals surface area contributed by atoms with Crippen LogP contribution in [0.3, 0.4) is 0 Å². The van der Waals surface area contributed by atoms with Crippen molar-refractivity contribution >= 4 is 63.5 Å². The van der Waals surface area contributed by atoms with E-state index in [4.69, 9.17) is 34.8 Å². The minimum atomic E-state index is -2.13. The summed E-state index contributed by atoms with van der Waals surface area (Å²) in [6.07, 6.45) is -1.41. The van der Waals surface area contributed by atoms with Gasteiger partial charge < -0.3 is 10.6 Å². The van der Waals surface area contributed by atoms with Crippen LogP contribution in [0.25, 0.3) is 0 Å². The number of nitrogens with one attached hydrogen (secondary N) is 2. The van der Waals surface area contributed by atoms with Gasteiger partial charge in [-0.25, -0.2) is 0 Å². The van der Waals surface area contributed by atoms with Crippen molar-refractivity contribution in [3.63, 3.8) is 0 Å². The van der Waals surface area contributed by atoms with Gasteiger partial charge in [-0.05, 0) is 12.1 Å². The van der Waals surface area contributed by atoms with E-state index >= 15 is 0 Å². The van der Waals surface area contributed by atoms with Gasteiger partial charge >= 0.3 is 0 Å². The molecular weight excluding hydrogens is 469 g/mol. The first-order chi connectivity index (χ1) is 13.9. The number of carbonyl (C=O) groups is 1. The van der Waals surface area contributed by atoms with Crippen molar-refractivity contribution in [3.05, 3.63) is 78.4 Å². The lowest BCUT2D eigenvalue weighted by Crippen LogP contribution is -2.49. The number of alkyl halides is 3. The van der Waals surface area contributed by atoms with E-state index in [9.17, 15) is 35.1 Å². The molecule has 1 amide bonds. The largest absolute Gasteiger partial charge is 0.362 e. The summed E-state index contributed by atoms with van der Waals surface area (Å²) in [6.45, 7) is 0. The number of hydrogen-bond donors (Lipinski definition) is 2. The Morgan fingerprint density at radius 1 is 0.833 bits per heavy atom. The molecule has 0 saturated heterocycles. The maximum atomic E-state index is 12.5. The van der Waals surface area contributed by atoms with E-state index in [0.717, 1.165) is 12.1 Å². The van der Waals surface area contributed by atoms with E-state index in [0.29, 0.717) is 6.07 Å². The smallest absolute Gasteiger partial charge is 0.277 e. The van der Waals surface area contributed by atoms with E-state index in [1.807, 2.05) is 0 Å². The number of nitrogens with zero attached hydrogens (tertiary/aromatic N) is 3. The third-order valence-corrected chi connectivity index (χ3v) is 4.23. The Morgan fingerprint density at radius 2 is 1.30 bits per heavy atom. The first kappa shape index (κ1) is 23.1. The van der Waals surface area contributed by atoms with Gasteiger partial charge in [-0.15, -0.1) is 0 Å². The summed E-state index contributed by atoms with van der Waals surface area (Å²) in [5, 5.41) is 37.6. The Bertz CT molecular complexity index is 978. The standard InChI is InChI=1S/C15H10Cl3N5O7/c16-15(17,18)14(19-9-1-3-10(4-2-9)21(25)26)20-13(24)8-5-11(22(27)28)7-12(6-8)23(29)30/h1-7,14,19H,(H,20,24). The molecule has 0 radical (unpaired) electrons. The van der Waals surface area contributed by atoms with Crippen molar-refractivity contribution in [2.45, 2.75) is 9.96 Å². The minimum Gasteiger partial charge on any atom is -0.362 e. The Morgan fingerprint density at radius 3 is 1.70 bits per heavy atom. The molecule has 2 rings (SSSR count). The highest BCUT2D eigenvalue weighted by molar-refractivity contribution is 6.68. The molecule has 0 spiro atoms. The lowest BCUT2D eigenvalue weighted by Gasteiger charge is -2.27. The van der Waals surface area contributed by atoms with Crippen molar-refractivity contribution in [1.29, 1.82) is 0 Å². The normalized spacial score (nSPS) is 12.0. The number of non-ortho nitro benzene ring substituents is 3. The van der Waals surface area contributed by atoms with E-state index in [-0.39, 0.29) is 11.4 Å². The van der Waals surface area contributed by atoms with Gasteiger partial charge in [0, 0.05) is 30.0 Å². The van der Waals surface area contributed by atoms with Gasteiger partial charge in [0.05, 0.1) is 26.4 Å². The molecule has 0 fully saturated rings. The summed E-state index contributed by atoms with van der Waals surface area (Å²) in [6, 6.07) is 7.27. The van der Waals surface area contributed by atoms with Gasteiger partial charge in [-0.3, -0.25) is 35.1 Å². The van der Waals surface area contributed by atoms with Gasteiger partial charge in [0.25, 0.3) is 23.0 Å². The van der Waals surface area contributed by atoms with Crippen LogP contribution in [-0.4, -0.2) is 30.6 Å². The molecule has 0 heterocycles. The Hall–Kier alpha value is -3.22. The highest BCUT2D eigenvalue weighted by Gasteiger charge is 2.35. The Balaban J connectivity index is 2.30. The highest BCUT2D eigenvalue weighted by Crippen LogP contribution is 2.32. The number of hydrogen-bond acceptors (Lipinski definition) is 8. The summed E-state index contributed by atoms with van der Waals surface area (Å²) in [5.74, 6) is -1.01. The van der Waals surface area contributed by atoms with Crippen LogP contribution in [0.2, 0.25) is 0 Å². The van der Waals surface area contributed by atoms with Crippen molar-refractivity contribution in [2.24, 2.45) is 0 Å². The number of benzene rings is 2. The monoisotopic (exact) mass is 477 g/mol. The average molecular weight is 479 g/mol. The number of nitro benzene ring substituents is 3. The second-order valence-electron chi connectivity index (χ2n) is 5.65.